The molecule has 0 bridgehead atoms. The normalized spacial score (nSPS) is 18.1. The van der Waals surface area contributed by atoms with Crippen LogP contribution in [0.2, 0.25) is 0 Å². The fraction of sp³-hybridized carbons (Fsp3) is 0.875. The second kappa shape index (κ2) is 5.11. The van der Waals surface area contributed by atoms with Gasteiger partial charge in [-0.1, -0.05) is 6.92 Å². The van der Waals surface area contributed by atoms with Crippen LogP contribution in [0.25, 0.3) is 0 Å². The Kier molecular flexibility index (Phi) is 4.85. The van der Waals surface area contributed by atoms with Crippen molar-refractivity contribution in [1.29, 1.82) is 0 Å². The molecule has 3 atom stereocenters. The van der Waals surface area contributed by atoms with Gasteiger partial charge < -0.3 is 15.6 Å². The van der Waals surface area contributed by atoms with Gasteiger partial charge >= 0.3 is 5.97 Å². The van der Waals surface area contributed by atoms with E-state index in [0.717, 1.165) is 6.42 Å². The summed E-state index contributed by atoms with van der Waals surface area (Å²) in [5, 5.41) is 8.95. The largest absolute Gasteiger partial charge is 0.461 e. The summed E-state index contributed by atoms with van der Waals surface area (Å²) >= 11 is 0. The van der Waals surface area contributed by atoms with E-state index in [-0.39, 0.29) is 6.10 Å². The summed E-state index contributed by atoms with van der Waals surface area (Å²) in [6.07, 6.45) is -0.248. The van der Waals surface area contributed by atoms with Crippen LogP contribution in [0, 0.1) is 0 Å². The Labute approximate surface area is 72.7 Å². The van der Waals surface area contributed by atoms with Crippen LogP contribution in [0.5, 0.6) is 0 Å². The minimum atomic E-state index is -0.931. The van der Waals surface area contributed by atoms with Crippen molar-refractivity contribution in [3.8, 4) is 0 Å². The van der Waals surface area contributed by atoms with Gasteiger partial charge in [-0.2, -0.15) is 0 Å². The summed E-state index contributed by atoms with van der Waals surface area (Å²) in [5.41, 5.74) is 5.34. The Bertz CT molecular complexity index is 147. The summed E-state index contributed by atoms with van der Waals surface area (Å²) in [5.74, 6) is -0.542. The van der Waals surface area contributed by atoms with E-state index in [1.165, 1.54) is 6.92 Å². The number of esters is 1. The van der Waals surface area contributed by atoms with Gasteiger partial charge in [0.1, 0.15) is 6.04 Å². The first-order chi connectivity index (χ1) is 5.49. The topological polar surface area (TPSA) is 72.5 Å². The molecule has 0 heterocycles. The molecule has 0 aromatic heterocycles. The molecule has 4 nitrogen and oxygen atoms in total. The highest BCUT2D eigenvalue weighted by atomic mass is 16.5. The van der Waals surface area contributed by atoms with Crippen molar-refractivity contribution in [3.63, 3.8) is 0 Å². The van der Waals surface area contributed by atoms with Gasteiger partial charge in [0.05, 0.1) is 12.2 Å². The second-order valence-corrected chi connectivity index (χ2v) is 2.92. The molecule has 0 spiro atoms. The van der Waals surface area contributed by atoms with E-state index in [9.17, 15) is 4.79 Å². The SMILES string of the molecule is CCC(C)OC(=O)[C@@H](N)[C@@H](C)O. The number of aliphatic hydroxyl groups excluding tert-OH is 1. The predicted octanol–water partition coefficient (Wildman–Crippen LogP) is 0.0362. The Morgan fingerprint density at radius 2 is 2.08 bits per heavy atom. The highest BCUT2D eigenvalue weighted by molar-refractivity contribution is 5.76. The fourth-order valence-electron chi connectivity index (χ4n) is 0.557. The molecule has 0 amide bonds. The van der Waals surface area contributed by atoms with Gasteiger partial charge in [-0.05, 0) is 20.3 Å². The van der Waals surface area contributed by atoms with Gasteiger partial charge in [-0.3, -0.25) is 4.79 Å². The van der Waals surface area contributed by atoms with E-state index >= 15 is 0 Å². The molecule has 0 aromatic carbocycles. The highest BCUT2D eigenvalue weighted by Gasteiger charge is 2.21. The molecule has 0 aromatic rings. The average Bonchev–Trinajstić information content (AvgIpc) is 2.02. The maximum absolute atomic E-state index is 11.0. The van der Waals surface area contributed by atoms with Gasteiger partial charge in [0.2, 0.25) is 0 Å². The Morgan fingerprint density at radius 1 is 1.58 bits per heavy atom. The lowest BCUT2D eigenvalue weighted by molar-refractivity contribution is -0.152. The van der Waals surface area contributed by atoms with Crippen molar-refractivity contribution in [2.45, 2.75) is 45.4 Å². The monoisotopic (exact) mass is 175 g/mol. The minimum absolute atomic E-state index is 0.137. The average molecular weight is 175 g/mol. The first-order valence-corrected chi connectivity index (χ1v) is 4.13. The van der Waals surface area contributed by atoms with Gasteiger partial charge in [0, 0.05) is 0 Å². The summed E-state index contributed by atoms with van der Waals surface area (Å²) in [7, 11) is 0. The number of carbonyl (C=O) groups excluding carboxylic acids is 1. The van der Waals surface area contributed by atoms with Crippen molar-refractivity contribution in [1.82, 2.24) is 0 Å². The molecule has 0 aliphatic heterocycles. The summed E-state index contributed by atoms with van der Waals surface area (Å²) in [6.45, 7) is 5.15. The second-order valence-electron chi connectivity index (χ2n) is 2.92. The van der Waals surface area contributed by atoms with Gasteiger partial charge in [0.25, 0.3) is 0 Å². The van der Waals surface area contributed by atoms with E-state index in [1.54, 1.807) is 6.92 Å². The third-order valence-electron chi connectivity index (χ3n) is 1.68. The first kappa shape index (κ1) is 11.4. The molecular weight excluding hydrogens is 158 g/mol. The van der Waals surface area contributed by atoms with Crippen LogP contribution in [0.4, 0.5) is 0 Å². The Balaban J connectivity index is 3.87. The molecule has 0 saturated heterocycles. The van der Waals surface area contributed by atoms with Crippen LogP contribution in [-0.4, -0.2) is 29.3 Å². The van der Waals surface area contributed by atoms with Crippen LogP contribution in [0.15, 0.2) is 0 Å². The van der Waals surface area contributed by atoms with E-state index in [0.29, 0.717) is 0 Å². The van der Waals surface area contributed by atoms with Crippen LogP contribution in [0.1, 0.15) is 27.2 Å². The van der Waals surface area contributed by atoms with Gasteiger partial charge in [-0.15, -0.1) is 0 Å². The van der Waals surface area contributed by atoms with Gasteiger partial charge in [0.15, 0.2) is 0 Å². The molecule has 0 aliphatic carbocycles. The van der Waals surface area contributed by atoms with Crippen LogP contribution in [-0.2, 0) is 9.53 Å². The molecular formula is C8H17NO3. The van der Waals surface area contributed by atoms with Crippen LogP contribution in [0.3, 0.4) is 0 Å². The predicted molar refractivity (Wildman–Crippen MR) is 45.5 cm³/mol. The van der Waals surface area contributed by atoms with Crippen molar-refractivity contribution in [3.05, 3.63) is 0 Å². The summed E-state index contributed by atoms with van der Waals surface area (Å²) in [6, 6.07) is -0.931. The molecule has 0 saturated carbocycles. The van der Waals surface area contributed by atoms with E-state index in [4.69, 9.17) is 15.6 Å². The molecule has 0 rings (SSSR count). The maximum atomic E-state index is 11.0. The molecule has 3 N–H and O–H groups in total. The number of aliphatic hydroxyl groups is 1. The van der Waals surface area contributed by atoms with Crippen LogP contribution < -0.4 is 5.73 Å². The molecule has 12 heavy (non-hydrogen) atoms. The molecule has 0 fully saturated rings. The lowest BCUT2D eigenvalue weighted by Gasteiger charge is -2.16. The van der Waals surface area contributed by atoms with Gasteiger partial charge in [-0.25, -0.2) is 0 Å². The smallest absolute Gasteiger partial charge is 0.325 e. The Hall–Kier alpha value is -0.610. The lowest BCUT2D eigenvalue weighted by Crippen LogP contribution is -2.42. The van der Waals surface area contributed by atoms with Crippen molar-refractivity contribution in [2.24, 2.45) is 5.73 Å². The standard InChI is InChI=1S/C8H17NO3/c1-4-5(2)12-8(11)7(9)6(3)10/h5-7,10H,4,9H2,1-3H3/t5?,6-,7+/m1/s1. The maximum Gasteiger partial charge on any atom is 0.325 e. The number of carbonyl (C=O) groups is 1. The fourth-order valence-corrected chi connectivity index (χ4v) is 0.557. The number of rotatable bonds is 4. The zero-order chi connectivity index (χ0) is 9.72. The number of nitrogens with two attached hydrogens (primary N) is 1. The summed E-state index contributed by atoms with van der Waals surface area (Å²) in [4.78, 5) is 11.0. The third-order valence-corrected chi connectivity index (χ3v) is 1.68. The quantitative estimate of drug-likeness (QED) is 0.591. The molecule has 0 aliphatic rings. The highest BCUT2D eigenvalue weighted by Crippen LogP contribution is 2.00. The number of hydrogen-bond acceptors (Lipinski definition) is 4. The third kappa shape index (κ3) is 3.69. The minimum Gasteiger partial charge on any atom is -0.461 e. The molecule has 1 unspecified atom stereocenters. The van der Waals surface area contributed by atoms with E-state index in [1.807, 2.05) is 6.92 Å². The zero-order valence-electron chi connectivity index (χ0n) is 7.78. The summed E-state index contributed by atoms with van der Waals surface area (Å²) < 4.78 is 4.90. The van der Waals surface area contributed by atoms with E-state index < -0.39 is 18.1 Å². The molecule has 4 heteroatoms. The van der Waals surface area contributed by atoms with Crippen LogP contribution >= 0.6 is 0 Å². The van der Waals surface area contributed by atoms with Crippen molar-refractivity contribution >= 4 is 5.97 Å². The van der Waals surface area contributed by atoms with Crippen molar-refractivity contribution in [2.75, 3.05) is 0 Å². The molecule has 0 radical (unpaired) electrons. The number of hydrogen-bond donors (Lipinski definition) is 2. The number of ether oxygens (including phenoxy) is 1. The molecule has 72 valence electrons. The zero-order valence-corrected chi connectivity index (χ0v) is 7.78. The Morgan fingerprint density at radius 3 is 2.42 bits per heavy atom. The first-order valence-electron chi connectivity index (χ1n) is 4.13. The van der Waals surface area contributed by atoms with Crippen molar-refractivity contribution < 1.29 is 14.6 Å². The van der Waals surface area contributed by atoms with E-state index in [2.05, 4.69) is 0 Å². The lowest BCUT2D eigenvalue weighted by atomic mass is 10.2.